The Kier molecular flexibility index (Phi) is 4.72. The van der Waals surface area contributed by atoms with E-state index >= 15 is 0 Å². The number of rotatable bonds is 3. The summed E-state index contributed by atoms with van der Waals surface area (Å²) in [5, 5.41) is 9.45. The van der Waals surface area contributed by atoms with Gasteiger partial charge < -0.3 is 9.80 Å². The van der Waals surface area contributed by atoms with Crippen molar-refractivity contribution in [3.05, 3.63) is 36.2 Å². The van der Waals surface area contributed by atoms with Crippen molar-refractivity contribution >= 4 is 32.6 Å². The van der Waals surface area contributed by atoms with Crippen LogP contribution in [0.3, 0.4) is 0 Å². The number of benzene rings is 1. The van der Waals surface area contributed by atoms with Gasteiger partial charge in [0, 0.05) is 26.2 Å². The number of thiazole rings is 1. The molecule has 1 aromatic carbocycles. The third-order valence-corrected chi connectivity index (χ3v) is 6.90. The van der Waals surface area contributed by atoms with Crippen LogP contribution in [0.2, 0.25) is 0 Å². The van der Waals surface area contributed by atoms with E-state index in [-0.39, 0.29) is 5.91 Å². The van der Waals surface area contributed by atoms with Crippen LogP contribution >= 0.6 is 11.3 Å². The number of hydrogen-bond donors (Lipinski definition) is 0. The van der Waals surface area contributed by atoms with E-state index in [1.165, 1.54) is 24.0 Å². The van der Waals surface area contributed by atoms with E-state index in [2.05, 4.69) is 21.3 Å². The topological polar surface area (TPSA) is 67.2 Å². The van der Waals surface area contributed by atoms with E-state index < -0.39 is 0 Å². The van der Waals surface area contributed by atoms with Crippen molar-refractivity contribution in [3.8, 4) is 0 Å². The number of para-hydroxylation sites is 1. The second kappa shape index (κ2) is 7.50. The maximum absolute atomic E-state index is 12.9. The number of nitrogens with zero attached hydrogens (tertiary/aromatic N) is 6. The number of amides is 1. The lowest BCUT2D eigenvalue weighted by atomic mass is 9.96. The van der Waals surface area contributed by atoms with Gasteiger partial charge in [0.1, 0.15) is 0 Å². The summed E-state index contributed by atoms with van der Waals surface area (Å²) in [5.41, 5.74) is 1.51. The number of anilines is 1. The van der Waals surface area contributed by atoms with Gasteiger partial charge in [-0.05, 0) is 25.0 Å². The molecule has 8 heteroatoms. The van der Waals surface area contributed by atoms with Gasteiger partial charge in [-0.3, -0.25) is 4.79 Å². The minimum absolute atomic E-state index is 0.00832. The minimum Gasteiger partial charge on any atom is -0.345 e. The summed E-state index contributed by atoms with van der Waals surface area (Å²) in [6.45, 7) is 2.96. The molecule has 0 radical (unpaired) electrons. The zero-order chi connectivity index (χ0) is 18.9. The standard InChI is InChI=1S/C20H24N6OS/c27-19(17-14-26(23-22-17)15-6-2-1-3-7-15)24-10-12-25(13-11-24)20-21-16-8-4-5-9-18(16)28-20/h4-5,8-9,14-15H,1-3,6-7,10-13H2. The minimum atomic E-state index is -0.00832. The van der Waals surface area contributed by atoms with Gasteiger partial charge in [-0.2, -0.15) is 0 Å². The molecule has 3 aromatic rings. The Morgan fingerprint density at radius 2 is 1.82 bits per heavy atom. The fourth-order valence-electron chi connectivity index (χ4n) is 4.16. The molecule has 1 aliphatic heterocycles. The van der Waals surface area contributed by atoms with Crippen LogP contribution in [0.15, 0.2) is 30.5 Å². The van der Waals surface area contributed by atoms with Crippen LogP contribution in [0.1, 0.15) is 48.6 Å². The summed E-state index contributed by atoms with van der Waals surface area (Å²) in [6, 6.07) is 8.61. The molecule has 0 spiro atoms. The summed E-state index contributed by atoms with van der Waals surface area (Å²) in [7, 11) is 0. The molecule has 2 aliphatic rings. The fourth-order valence-corrected chi connectivity index (χ4v) is 5.17. The van der Waals surface area contributed by atoms with Crippen LogP contribution in [0, 0.1) is 0 Å². The molecule has 1 aliphatic carbocycles. The molecule has 1 saturated heterocycles. The van der Waals surface area contributed by atoms with Crippen LogP contribution in [-0.4, -0.2) is 57.0 Å². The summed E-state index contributed by atoms with van der Waals surface area (Å²) >= 11 is 1.71. The Labute approximate surface area is 168 Å². The number of fused-ring (bicyclic) bond motifs is 1. The van der Waals surface area contributed by atoms with Crippen LogP contribution < -0.4 is 4.90 Å². The number of aromatic nitrogens is 4. The molecule has 3 heterocycles. The van der Waals surface area contributed by atoms with Crippen molar-refractivity contribution in [3.63, 3.8) is 0 Å². The Balaban J connectivity index is 1.22. The summed E-state index contributed by atoms with van der Waals surface area (Å²) in [6.07, 6.45) is 7.90. The van der Waals surface area contributed by atoms with Gasteiger partial charge in [0.25, 0.3) is 5.91 Å². The molecule has 5 rings (SSSR count). The Morgan fingerprint density at radius 1 is 1.04 bits per heavy atom. The lowest BCUT2D eigenvalue weighted by molar-refractivity contribution is 0.0740. The number of carbonyl (C=O) groups is 1. The van der Waals surface area contributed by atoms with Crippen molar-refractivity contribution in [2.24, 2.45) is 0 Å². The Morgan fingerprint density at radius 3 is 2.61 bits per heavy atom. The highest BCUT2D eigenvalue weighted by atomic mass is 32.1. The average molecular weight is 397 g/mol. The predicted octanol–water partition coefficient (Wildman–Crippen LogP) is 3.36. The molecule has 1 saturated carbocycles. The van der Waals surface area contributed by atoms with Gasteiger partial charge in [0.15, 0.2) is 10.8 Å². The maximum Gasteiger partial charge on any atom is 0.276 e. The highest BCUT2D eigenvalue weighted by Crippen LogP contribution is 2.29. The number of piperazine rings is 1. The van der Waals surface area contributed by atoms with Gasteiger partial charge >= 0.3 is 0 Å². The molecular weight excluding hydrogens is 372 g/mol. The van der Waals surface area contributed by atoms with Crippen LogP contribution in [0.25, 0.3) is 10.2 Å². The Bertz CT molecular complexity index is 935. The molecule has 1 amide bonds. The van der Waals surface area contributed by atoms with Gasteiger partial charge in [0.05, 0.1) is 22.5 Å². The number of carbonyl (C=O) groups excluding carboxylic acids is 1. The summed E-state index contributed by atoms with van der Waals surface area (Å²) in [4.78, 5) is 21.8. The van der Waals surface area contributed by atoms with Crippen molar-refractivity contribution in [1.82, 2.24) is 24.9 Å². The Hall–Kier alpha value is -2.48. The van der Waals surface area contributed by atoms with Gasteiger partial charge in [0.2, 0.25) is 0 Å². The second-order valence-electron chi connectivity index (χ2n) is 7.62. The molecular formula is C20H24N6OS. The van der Waals surface area contributed by atoms with Crippen molar-refractivity contribution in [2.45, 2.75) is 38.1 Å². The second-order valence-corrected chi connectivity index (χ2v) is 8.63. The molecule has 0 atom stereocenters. The van der Waals surface area contributed by atoms with E-state index in [0.717, 1.165) is 36.6 Å². The largest absolute Gasteiger partial charge is 0.345 e. The smallest absolute Gasteiger partial charge is 0.276 e. The van der Waals surface area contributed by atoms with Gasteiger partial charge in [-0.25, -0.2) is 9.67 Å². The van der Waals surface area contributed by atoms with Crippen LogP contribution in [0.5, 0.6) is 0 Å². The van der Waals surface area contributed by atoms with Crippen LogP contribution in [-0.2, 0) is 0 Å². The molecule has 146 valence electrons. The molecule has 0 unspecified atom stereocenters. The van der Waals surface area contributed by atoms with Gasteiger partial charge in [-0.15, -0.1) is 5.10 Å². The quantitative estimate of drug-likeness (QED) is 0.679. The SMILES string of the molecule is O=C(c1cn(C2CCCCC2)nn1)N1CCN(c2nc3ccccc3s2)CC1. The predicted molar refractivity (Wildman–Crippen MR) is 110 cm³/mol. The van der Waals surface area contributed by atoms with Gasteiger partial charge in [-0.1, -0.05) is 47.9 Å². The lowest BCUT2D eigenvalue weighted by Crippen LogP contribution is -2.48. The van der Waals surface area contributed by atoms with Crippen molar-refractivity contribution in [2.75, 3.05) is 31.1 Å². The third kappa shape index (κ3) is 3.37. The first-order valence-electron chi connectivity index (χ1n) is 10.1. The molecule has 0 N–H and O–H groups in total. The average Bonchev–Trinajstić information content (AvgIpc) is 3.41. The normalized spacial score (nSPS) is 18.7. The third-order valence-electron chi connectivity index (χ3n) is 5.80. The first kappa shape index (κ1) is 17.6. The zero-order valence-corrected chi connectivity index (χ0v) is 16.6. The monoisotopic (exact) mass is 396 g/mol. The van der Waals surface area contributed by atoms with E-state index in [4.69, 9.17) is 4.98 Å². The van der Waals surface area contributed by atoms with E-state index in [0.29, 0.717) is 24.8 Å². The highest BCUT2D eigenvalue weighted by Gasteiger charge is 2.26. The summed E-state index contributed by atoms with van der Waals surface area (Å²) < 4.78 is 3.11. The first-order valence-corrected chi connectivity index (χ1v) is 10.9. The maximum atomic E-state index is 12.9. The molecule has 2 aromatic heterocycles. The molecule has 28 heavy (non-hydrogen) atoms. The summed E-state index contributed by atoms with van der Waals surface area (Å²) in [5.74, 6) is -0.00832. The highest BCUT2D eigenvalue weighted by molar-refractivity contribution is 7.22. The first-order chi connectivity index (χ1) is 13.8. The van der Waals surface area contributed by atoms with Crippen molar-refractivity contribution in [1.29, 1.82) is 0 Å². The zero-order valence-electron chi connectivity index (χ0n) is 15.8. The molecule has 7 nitrogen and oxygen atoms in total. The van der Waals surface area contributed by atoms with Crippen LogP contribution in [0.4, 0.5) is 5.13 Å². The molecule has 0 bridgehead atoms. The van der Waals surface area contributed by atoms with Crippen molar-refractivity contribution < 1.29 is 4.79 Å². The van der Waals surface area contributed by atoms with E-state index in [1.54, 1.807) is 11.3 Å². The van der Waals surface area contributed by atoms with E-state index in [9.17, 15) is 4.79 Å². The fraction of sp³-hybridized carbons (Fsp3) is 0.500. The molecule has 2 fully saturated rings. The van der Waals surface area contributed by atoms with E-state index in [1.807, 2.05) is 34.0 Å². The lowest BCUT2D eigenvalue weighted by Gasteiger charge is -2.34. The number of hydrogen-bond acceptors (Lipinski definition) is 6.